The molecule has 0 atom stereocenters. The first kappa shape index (κ1) is 13.8. The molecule has 1 aliphatic heterocycles. The highest BCUT2D eigenvalue weighted by atomic mass is 32.1. The fourth-order valence-corrected chi connectivity index (χ4v) is 2.67. The van der Waals surface area contributed by atoms with E-state index in [0.29, 0.717) is 23.0 Å². The van der Waals surface area contributed by atoms with Crippen LogP contribution < -0.4 is 5.32 Å². The molecule has 0 unspecified atom stereocenters. The van der Waals surface area contributed by atoms with Gasteiger partial charge in [-0.3, -0.25) is 10.1 Å². The monoisotopic (exact) mass is 283 g/mol. The molecular weight excluding hydrogens is 266 g/mol. The van der Waals surface area contributed by atoms with Gasteiger partial charge < -0.3 is 9.64 Å². The summed E-state index contributed by atoms with van der Waals surface area (Å²) in [6.45, 7) is 6.02. The molecule has 0 aromatic carbocycles. The first-order valence-electron chi connectivity index (χ1n) is 6.01. The molecule has 2 heterocycles. The van der Waals surface area contributed by atoms with E-state index in [2.05, 4.69) is 10.3 Å². The van der Waals surface area contributed by atoms with Crippen molar-refractivity contribution >= 4 is 28.5 Å². The second kappa shape index (κ2) is 4.80. The zero-order chi connectivity index (χ0) is 14.2. The van der Waals surface area contributed by atoms with Crippen LogP contribution in [0.2, 0.25) is 0 Å². The van der Waals surface area contributed by atoms with Crippen molar-refractivity contribution in [3.8, 4) is 0 Å². The number of hydrogen-bond acceptors (Lipinski definition) is 5. The largest absolute Gasteiger partial charge is 0.444 e. The molecule has 2 amide bonds. The van der Waals surface area contributed by atoms with Gasteiger partial charge in [0.05, 0.1) is 5.69 Å². The molecule has 1 N–H and O–H groups in total. The van der Waals surface area contributed by atoms with Gasteiger partial charge in [0.25, 0.3) is 5.91 Å². The van der Waals surface area contributed by atoms with E-state index in [1.807, 2.05) is 0 Å². The number of ether oxygens (including phenoxy) is 1. The van der Waals surface area contributed by atoms with Gasteiger partial charge in [0.15, 0.2) is 5.13 Å². The third-order valence-corrected chi connectivity index (χ3v) is 3.53. The summed E-state index contributed by atoms with van der Waals surface area (Å²) >= 11 is 1.19. The molecule has 1 aromatic heterocycles. The molecule has 6 nitrogen and oxygen atoms in total. The minimum atomic E-state index is -0.559. The maximum atomic E-state index is 11.9. The highest BCUT2D eigenvalue weighted by Gasteiger charge is 2.27. The molecular formula is C12H17N3O3S. The highest BCUT2D eigenvalue weighted by Crippen LogP contribution is 2.28. The quantitative estimate of drug-likeness (QED) is 0.857. The van der Waals surface area contributed by atoms with Crippen LogP contribution in [0.15, 0.2) is 0 Å². The Morgan fingerprint density at radius 2 is 2.16 bits per heavy atom. The average Bonchev–Trinajstić information content (AvgIpc) is 2.64. The Bertz CT molecular complexity index is 519. The van der Waals surface area contributed by atoms with Crippen LogP contribution in [0.3, 0.4) is 0 Å². The lowest BCUT2D eigenvalue weighted by Gasteiger charge is -2.20. The van der Waals surface area contributed by atoms with Gasteiger partial charge in [-0.25, -0.2) is 9.78 Å². The molecule has 0 bridgehead atoms. The van der Waals surface area contributed by atoms with E-state index < -0.39 is 11.7 Å². The van der Waals surface area contributed by atoms with E-state index in [1.165, 1.54) is 11.3 Å². The zero-order valence-electron chi connectivity index (χ0n) is 11.4. The number of anilines is 1. The summed E-state index contributed by atoms with van der Waals surface area (Å²) in [5.41, 5.74) is 0.191. The van der Waals surface area contributed by atoms with E-state index in [1.54, 1.807) is 32.7 Å². The topological polar surface area (TPSA) is 71.5 Å². The van der Waals surface area contributed by atoms with Crippen molar-refractivity contribution < 1.29 is 14.3 Å². The summed E-state index contributed by atoms with van der Waals surface area (Å²) in [4.78, 5) is 30.0. The zero-order valence-corrected chi connectivity index (χ0v) is 12.3. The van der Waals surface area contributed by atoms with Crippen molar-refractivity contribution in [3.05, 3.63) is 10.6 Å². The van der Waals surface area contributed by atoms with Crippen LogP contribution in [0.4, 0.5) is 9.93 Å². The van der Waals surface area contributed by atoms with Gasteiger partial charge in [0.1, 0.15) is 10.5 Å². The predicted octanol–water partition coefficient (Wildman–Crippen LogP) is 2.12. The fourth-order valence-electron chi connectivity index (χ4n) is 1.68. The van der Waals surface area contributed by atoms with E-state index in [4.69, 9.17) is 4.74 Å². The van der Waals surface area contributed by atoms with Crippen molar-refractivity contribution in [3.63, 3.8) is 0 Å². The van der Waals surface area contributed by atoms with Crippen molar-refractivity contribution in [2.45, 2.75) is 32.8 Å². The number of hydrogen-bond donors (Lipinski definition) is 1. The summed E-state index contributed by atoms with van der Waals surface area (Å²) in [6.07, 6.45) is 0.156. The third-order valence-electron chi connectivity index (χ3n) is 2.53. The summed E-state index contributed by atoms with van der Waals surface area (Å²) in [6, 6.07) is 0. The van der Waals surface area contributed by atoms with Crippen molar-refractivity contribution in [2.24, 2.45) is 0 Å². The fraction of sp³-hybridized carbons (Fsp3) is 0.583. The Hall–Kier alpha value is -1.63. The maximum absolute atomic E-state index is 11.9. The Morgan fingerprint density at radius 1 is 1.47 bits per heavy atom. The van der Waals surface area contributed by atoms with Crippen LogP contribution in [0.5, 0.6) is 0 Å². The number of aromatic nitrogens is 1. The number of rotatable bonds is 1. The van der Waals surface area contributed by atoms with Gasteiger partial charge in [0.2, 0.25) is 0 Å². The van der Waals surface area contributed by atoms with Crippen LogP contribution in [-0.4, -0.2) is 41.1 Å². The summed E-state index contributed by atoms with van der Waals surface area (Å²) in [5, 5.41) is 2.97. The van der Waals surface area contributed by atoms with Crippen LogP contribution in [0, 0.1) is 0 Å². The lowest BCUT2D eigenvalue weighted by Crippen LogP contribution is -2.33. The van der Waals surface area contributed by atoms with Gasteiger partial charge in [-0.15, -0.1) is 0 Å². The number of carbonyl (C=O) groups excluding carboxylic acids is 2. The van der Waals surface area contributed by atoms with Crippen molar-refractivity contribution in [2.75, 3.05) is 18.9 Å². The molecule has 0 spiro atoms. The lowest BCUT2D eigenvalue weighted by atomic mass is 10.2. The second-order valence-electron chi connectivity index (χ2n) is 5.40. The van der Waals surface area contributed by atoms with Crippen LogP contribution >= 0.6 is 11.3 Å². The number of amides is 2. The van der Waals surface area contributed by atoms with Gasteiger partial charge in [-0.05, 0) is 20.8 Å². The standard InChI is InChI=1S/C12H17N3O3S/c1-12(2,3)18-11(17)14-10-13-7-5-6-15(4)9(16)8(7)19-10/h5-6H2,1-4H3,(H,13,14,17). The Labute approximate surface area is 115 Å². The molecule has 0 fully saturated rings. The molecule has 1 aliphatic rings. The van der Waals surface area contributed by atoms with Gasteiger partial charge >= 0.3 is 6.09 Å². The van der Waals surface area contributed by atoms with Gasteiger partial charge in [-0.2, -0.15) is 0 Å². The molecule has 0 radical (unpaired) electrons. The van der Waals surface area contributed by atoms with Gasteiger partial charge in [-0.1, -0.05) is 11.3 Å². The molecule has 104 valence electrons. The lowest BCUT2D eigenvalue weighted by molar-refractivity contribution is 0.0635. The Kier molecular flexibility index (Phi) is 3.49. The number of likely N-dealkylation sites (N-methyl/N-ethyl adjacent to an activating group) is 1. The Balaban J connectivity index is 2.10. The first-order chi connectivity index (χ1) is 8.76. The minimum absolute atomic E-state index is 0.0454. The summed E-state index contributed by atoms with van der Waals surface area (Å²) < 4.78 is 5.14. The van der Waals surface area contributed by atoms with Crippen LogP contribution in [-0.2, 0) is 11.2 Å². The smallest absolute Gasteiger partial charge is 0.413 e. The molecule has 0 aliphatic carbocycles. The third kappa shape index (κ3) is 3.23. The van der Waals surface area contributed by atoms with Crippen molar-refractivity contribution in [1.29, 1.82) is 0 Å². The number of thiazole rings is 1. The van der Waals surface area contributed by atoms with E-state index in [0.717, 1.165) is 5.69 Å². The molecule has 19 heavy (non-hydrogen) atoms. The van der Waals surface area contributed by atoms with Crippen molar-refractivity contribution in [1.82, 2.24) is 9.88 Å². The van der Waals surface area contributed by atoms with E-state index >= 15 is 0 Å². The number of nitrogens with one attached hydrogen (secondary N) is 1. The molecule has 2 rings (SSSR count). The second-order valence-corrected chi connectivity index (χ2v) is 6.40. The summed E-state index contributed by atoms with van der Waals surface area (Å²) in [7, 11) is 1.76. The van der Waals surface area contributed by atoms with Crippen LogP contribution in [0.25, 0.3) is 0 Å². The number of nitrogens with zero attached hydrogens (tertiary/aromatic N) is 2. The highest BCUT2D eigenvalue weighted by molar-refractivity contribution is 7.17. The normalized spacial score (nSPS) is 15.2. The molecule has 0 saturated heterocycles. The SMILES string of the molecule is CN1CCc2nc(NC(=O)OC(C)(C)C)sc2C1=O. The number of carbonyl (C=O) groups is 2. The predicted molar refractivity (Wildman–Crippen MR) is 72.6 cm³/mol. The molecule has 0 saturated carbocycles. The molecule has 7 heteroatoms. The molecule has 1 aromatic rings. The van der Waals surface area contributed by atoms with E-state index in [9.17, 15) is 9.59 Å². The van der Waals surface area contributed by atoms with E-state index in [-0.39, 0.29) is 5.91 Å². The van der Waals surface area contributed by atoms with Gasteiger partial charge in [0, 0.05) is 20.0 Å². The summed E-state index contributed by atoms with van der Waals surface area (Å²) in [5.74, 6) is -0.0454. The Morgan fingerprint density at radius 3 is 2.79 bits per heavy atom. The number of fused-ring (bicyclic) bond motifs is 1. The maximum Gasteiger partial charge on any atom is 0.413 e. The first-order valence-corrected chi connectivity index (χ1v) is 6.83. The van der Waals surface area contributed by atoms with Crippen LogP contribution in [0.1, 0.15) is 36.1 Å². The average molecular weight is 283 g/mol. The minimum Gasteiger partial charge on any atom is -0.444 e.